The summed E-state index contributed by atoms with van der Waals surface area (Å²) in [5, 5.41) is 10.00. The number of halogens is 1. The van der Waals surface area contributed by atoms with Gasteiger partial charge in [-0.2, -0.15) is 10.2 Å². The molecule has 0 saturated carbocycles. The molecule has 4 nitrogen and oxygen atoms in total. The molecule has 1 aromatic carbocycles. The molecule has 0 spiro atoms. The van der Waals surface area contributed by atoms with E-state index in [0.717, 1.165) is 26.8 Å². The van der Waals surface area contributed by atoms with Crippen molar-refractivity contribution in [3.8, 4) is 0 Å². The minimum absolute atomic E-state index is 0.714. The Morgan fingerprint density at radius 3 is 2.78 bits per heavy atom. The maximum Gasteiger partial charge on any atom is 0.0846 e. The van der Waals surface area contributed by atoms with Crippen LogP contribution >= 0.6 is 15.9 Å². The Kier molecular flexibility index (Phi) is 2.70. The third-order valence-electron chi connectivity index (χ3n) is 3.11. The normalized spacial score (nSPS) is 11.3. The van der Waals surface area contributed by atoms with Gasteiger partial charge in [-0.1, -0.05) is 18.2 Å². The molecule has 3 aromatic rings. The molecular formula is C13H13BrN4. The quantitative estimate of drug-likeness (QED) is 0.730. The number of benzene rings is 1. The second-order valence-corrected chi connectivity index (χ2v) is 5.12. The van der Waals surface area contributed by atoms with E-state index >= 15 is 0 Å². The number of para-hydroxylation sites is 1. The first-order valence-electron chi connectivity index (χ1n) is 5.75. The summed E-state index contributed by atoms with van der Waals surface area (Å²) in [7, 11) is 1.96. The van der Waals surface area contributed by atoms with Gasteiger partial charge in [0, 0.05) is 12.4 Å². The maximum atomic E-state index is 4.44. The fourth-order valence-corrected chi connectivity index (χ4v) is 2.61. The molecule has 0 radical (unpaired) electrons. The van der Waals surface area contributed by atoms with Crippen LogP contribution in [0.4, 0.5) is 0 Å². The lowest BCUT2D eigenvalue weighted by molar-refractivity contribution is 0.631. The number of hydrogen-bond donors (Lipinski definition) is 0. The fourth-order valence-electron chi connectivity index (χ4n) is 2.15. The van der Waals surface area contributed by atoms with Gasteiger partial charge >= 0.3 is 0 Å². The van der Waals surface area contributed by atoms with E-state index in [9.17, 15) is 0 Å². The Balaban J connectivity index is 2.07. The minimum Gasteiger partial charge on any atom is -0.269 e. The van der Waals surface area contributed by atoms with E-state index in [-0.39, 0.29) is 0 Å². The summed E-state index contributed by atoms with van der Waals surface area (Å²) in [5.74, 6) is 0. The number of hydrogen-bond acceptors (Lipinski definition) is 2. The van der Waals surface area contributed by atoms with E-state index < -0.39 is 0 Å². The molecule has 0 fully saturated rings. The highest BCUT2D eigenvalue weighted by atomic mass is 79.9. The van der Waals surface area contributed by atoms with Crippen LogP contribution in [0.1, 0.15) is 11.4 Å². The predicted octanol–water partition coefficient (Wildman–Crippen LogP) is 2.89. The highest BCUT2D eigenvalue weighted by Crippen LogP contribution is 2.22. The molecule has 0 aliphatic rings. The van der Waals surface area contributed by atoms with Crippen molar-refractivity contribution >= 4 is 26.8 Å². The Bertz CT molecular complexity index is 711. The van der Waals surface area contributed by atoms with Crippen LogP contribution < -0.4 is 0 Å². The van der Waals surface area contributed by atoms with Crippen LogP contribution in [0.25, 0.3) is 10.9 Å². The van der Waals surface area contributed by atoms with Crippen LogP contribution in [0.2, 0.25) is 0 Å². The van der Waals surface area contributed by atoms with Crippen LogP contribution in [0, 0.1) is 6.92 Å². The predicted molar refractivity (Wildman–Crippen MR) is 74.5 cm³/mol. The first kappa shape index (κ1) is 11.5. The highest BCUT2D eigenvalue weighted by Gasteiger charge is 2.12. The van der Waals surface area contributed by atoms with E-state index in [1.54, 1.807) is 0 Å². The molecule has 0 atom stereocenters. The molecule has 0 bridgehead atoms. The molecule has 0 N–H and O–H groups in total. The van der Waals surface area contributed by atoms with Gasteiger partial charge in [-0.25, -0.2) is 0 Å². The third-order valence-corrected chi connectivity index (χ3v) is 4.14. The van der Waals surface area contributed by atoms with Crippen molar-refractivity contribution in [3.63, 3.8) is 0 Å². The lowest BCUT2D eigenvalue weighted by Crippen LogP contribution is -2.07. The second kappa shape index (κ2) is 4.24. The smallest absolute Gasteiger partial charge is 0.0846 e. The van der Waals surface area contributed by atoms with Crippen molar-refractivity contribution in [2.45, 2.75) is 13.5 Å². The van der Waals surface area contributed by atoms with Gasteiger partial charge in [0.05, 0.1) is 34.1 Å². The van der Waals surface area contributed by atoms with Crippen LogP contribution in [0.15, 0.2) is 34.9 Å². The van der Waals surface area contributed by atoms with E-state index in [1.165, 1.54) is 0 Å². The lowest BCUT2D eigenvalue weighted by atomic mass is 10.2. The maximum absolute atomic E-state index is 4.44. The summed E-state index contributed by atoms with van der Waals surface area (Å²) in [6.45, 7) is 2.71. The first-order valence-corrected chi connectivity index (χ1v) is 6.54. The first-order chi connectivity index (χ1) is 8.66. The molecule has 0 unspecified atom stereocenters. The molecular weight excluding hydrogens is 292 g/mol. The second-order valence-electron chi connectivity index (χ2n) is 4.33. The molecule has 18 heavy (non-hydrogen) atoms. The average Bonchev–Trinajstić information content (AvgIpc) is 2.87. The summed E-state index contributed by atoms with van der Waals surface area (Å²) in [6.07, 6.45) is 1.90. The van der Waals surface area contributed by atoms with Crippen LogP contribution in [0.5, 0.6) is 0 Å². The Morgan fingerprint density at radius 2 is 2.06 bits per heavy atom. The SMILES string of the molecule is Cc1nn(C)c(Cn2ncc3ccccc32)c1Br. The molecule has 0 saturated heterocycles. The molecule has 5 heteroatoms. The van der Waals surface area contributed by atoms with E-state index in [0.29, 0.717) is 6.54 Å². The van der Waals surface area contributed by atoms with E-state index in [1.807, 2.05) is 41.7 Å². The van der Waals surface area contributed by atoms with Crippen molar-refractivity contribution in [3.05, 3.63) is 46.3 Å². The molecule has 2 aromatic heterocycles. The van der Waals surface area contributed by atoms with Gasteiger partial charge in [-0.05, 0) is 28.9 Å². The minimum atomic E-state index is 0.714. The number of aryl methyl sites for hydroxylation is 2. The molecule has 0 aliphatic heterocycles. The van der Waals surface area contributed by atoms with Gasteiger partial charge in [0.1, 0.15) is 0 Å². The number of nitrogens with zero attached hydrogens (tertiary/aromatic N) is 4. The van der Waals surface area contributed by atoms with Gasteiger partial charge in [0.25, 0.3) is 0 Å². The fraction of sp³-hybridized carbons (Fsp3) is 0.231. The van der Waals surface area contributed by atoms with Crippen LogP contribution in [-0.4, -0.2) is 19.6 Å². The Hall–Kier alpha value is -1.62. The Labute approximate surface area is 113 Å². The van der Waals surface area contributed by atoms with Crippen LogP contribution in [0.3, 0.4) is 0 Å². The summed E-state index contributed by atoms with van der Waals surface area (Å²) < 4.78 is 4.96. The number of rotatable bonds is 2. The molecule has 0 aliphatic carbocycles. The monoisotopic (exact) mass is 304 g/mol. The van der Waals surface area contributed by atoms with Gasteiger partial charge < -0.3 is 0 Å². The van der Waals surface area contributed by atoms with Gasteiger partial charge in [0.15, 0.2) is 0 Å². The zero-order valence-corrected chi connectivity index (χ0v) is 11.8. The summed E-state index contributed by atoms with van der Waals surface area (Å²) in [6, 6.07) is 8.21. The third kappa shape index (κ3) is 1.75. The Morgan fingerprint density at radius 1 is 1.28 bits per heavy atom. The topological polar surface area (TPSA) is 35.6 Å². The zero-order valence-electron chi connectivity index (χ0n) is 10.3. The molecule has 0 amide bonds. The number of aromatic nitrogens is 4. The summed E-state index contributed by atoms with van der Waals surface area (Å²) in [5.41, 5.74) is 3.27. The lowest BCUT2D eigenvalue weighted by Gasteiger charge is -2.05. The van der Waals surface area contributed by atoms with Gasteiger partial charge in [-0.15, -0.1) is 0 Å². The number of fused-ring (bicyclic) bond motifs is 1. The molecule has 92 valence electrons. The summed E-state index contributed by atoms with van der Waals surface area (Å²) >= 11 is 3.59. The van der Waals surface area contributed by atoms with Gasteiger partial charge in [0.2, 0.25) is 0 Å². The van der Waals surface area contributed by atoms with E-state index in [2.05, 4.69) is 38.3 Å². The van der Waals surface area contributed by atoms with Crippen LogP contribution in [-0.2, 0) is 13.6 Å². The molecule has 3 rings (SSSR count). The van der Waals surface area contributed by atoms with Crippen molar-refractivity contribution in [2.24, 2.45) is 7.05 Å². The largest absolute Gasteiger partial charge is 0.269 e. The van der Waals surface area contributed by atoms with Crippen molar-refractivity contribution < 1.29 is 0 Å². The molecule has 2 heterocycles. The van der Waals surface area contributed by atoms with E-state index in [4.69, 9.17) is 0 Å². The summed E-state index contributed by atoms with van der Waals surface area (Å²) in [4.78, 5) is 0. The van der Waals surface area contributed by atoms with Gasteiger partial charge in [-0.3, -0.25) is 9.36 Å². The average molecular weight is 305 g/mol. The van der Waals surface area contributed by atoms with Crippen molar-refractivity contribution in [2.75, 3.05) is 0 Å². The van der Waals surface area contributed by atoms with Crippen molar-refractivity contribution in [1.82, 2.24) is 19.6 Å². The zero-order chi connectivity index (χ0) is 12.7. The van der Waals surface area contributed by atoms with Crippen molar-refractivity contribution in [1.29, 1.82) is 0 Å². The highest BCUT2D eigenvalue weighted by molar-refractivity contribution is 9.10. The standard InChI is InChI=1S/C13H13BrN4/c1-9-13(14)12(17(2)16-9)8-18-11-6-4-3-5-10(11)7-15-18/h3-7H,8H2,1-2H3.